The molecular weight excluding hydrogens is 294 g/mol. The molecule has 0 unspecified atom stereocenters. The SMILES string of the molecule is CN1CCN(C(=O)c2cnn3ccn(C)c23)CC12CCOCC2. The summed E-state index contributed by atoms with van der Waals surface area (Å²) >= 11 is 0. The lowest BCUT2D eigenvalue weighted by molar-refractivity contribution is -0.0543. The van der Waals surface area contributed by atoms with E-state index in [9.17, 15) is 4.79 Å². The predicted octanol–water partition coefficient (Wildman–Crippen LogP) is 0.610. The van der Waals surface area contributed by atoms with Gasteiger partial charge in [0.05, 0.1) is 6.20 Å². The third-order valence-electron chi connectivity index (χ3n) is 5.48. The van der Waals surface area contributed by atoms with Crippen LogP contribution in [-0.2, 0) is 11.8 Å². The van der Waals surface area contributed by atoms with Crippen molar-refractivity contribution in [2.75, 3.05) is 39.9 Å². The van der Waals surface area contributed by atoms with Crippen molar-refractivity contribution in [3.63, 3.8) is 0 Å². The Morgan fingerprint density at radius 1 is 1.22 bits per heavy atom. The third kappa shape index (κ3) is 2.26. The van der Waals surface area contributed by atoms with Crippen molar-refractivity contribution >= 4 is 11.6 Å². The molecule has 2 aromatic rings. The summed E-state index contributed by atoms with van der Waals surface area (Å²) in [6.07, 6.45) is 7.45. The van der Waals surface area contributed by atoms with Gasteiger partial charge in [-0.2, -0.15) is 5.10 Å². The highest BCUT2D eigenvalue weighted by Gasteiger charge is 2.42. The summed E-state index contributed by atoms with van der Waals surface area (Å²) < 4.78 is 9.23. The van der Waals surface area contributed by atoms with Gasteiger partial charge in [0, 0.05) is 57.8 Å². The van der Waals surface area contributed by atoms with Gasteiger partial charge in [-0.1, -0.05) is 0 Å². The summed E-state index contributed by atoms with van der Waals surface area (Å²) in [6.45, 7) is 4.00. The number of carbonyl (C=O) groups is 1. The van der Waals surface area contributed by atoms with Crippen molar-refractivity contribution in [2.24, 2.45) is 7.05 Å². The van der Waals surface area contributed by atoms with Crippen LogP contribution in [0.3, 0.4) is 0 Å². The monoisotopic (exact) mass is 317 g/mol. The molecular formula is C16H23N5O2. The van der Waals surface area contributed by atoms with Crippen molar-refractivity contribution < 1.29 is 9.53 Å². The Hall–Kier alpha value is -1.86. The molecule has 23 heavy (non-hydrogen) atoms. The number of fused-ring (bicyclic) bond motifs is 1. The zero-order chi connectivity index (χ0) is 16.0. The average Bonchev–Trinajstić information content (AvgIpc) is 3.14. The fourth-order valence-corrected chi connectivity index (χ4v) is 3.90. The Labute approximate surface area is 135 Å². The van der Waals surface area contributed by atoms with E-state index in [-0.39, 0.29) is 11.4 Å². The summed E-state index contributed by atoms with van der Waals surface area (Å²) in [6, 6.07) is 0. The summed E-state index contributed by atoms with van der Waals surface area (Å²) in [7, 11) is 4.11. The molecule has 1 amide bonds. The van der Waals surface area contributed by atoms with Crippen molar-refractivity contribution in [3.8, 4) is 0 Å². The van der Waals surface area contributed by atoms with Crippen LogP contribution in [0, 0.1) is 0 Å². The van der Waals surface area contributed by atoms with Gasteiger partial charge in [0.1, 0.15) is 11.2 Å². The number of carbonyl (C=O) groups excluding carboxylic acids is 1. The molecule has 2 fully saturated rings. The molecule has 0 saturated carbocycles. The summed E-state index contributed by atoms with van der Waals surface area (Å²) in [5.41, 5.74) is 1.60. The van der Waals surface area contributed by atoms with Gasteiger partial charge in [0.25, 0.3) is 5.91 Å². The van der Waals surface area contributed by atoms with Crippen molar-refractivity contribution in [1.29, 1.82) is 0 Å². The molecule has 4 rings (SSSR count). The van der Waals surface area contributed by atoms with E-state index >= 15 is 0 Å². The molecule has 0 atom stereocenters. The van der Waals surface area contributed by atoms with Gasteiger partial charge >= 0.3 is 0 Å². The van der Waals surface area contributed by atoms with Gasteiger partial charge in [-0.3, -0.25) is 9.69 Å². The minimum atomic E-state index is 0.0622. The number of aryl methyl sites for hydroxylation is 1. The number of aromatic nitrogens is 3. The second-order valence-electron chi connectivity index (χ2n) is 6.72. The van der Waals surface area contributed by atoms with E-state index in [0.29, 0.717) is 5.56 Å². The maximum absolute atomic E-state index is 13.1. The van der Waals surface area contributed by atoms with Crippen LogP contribution < -0.4 is 0 Å². The molecule has 2 aliphatic rings. The normalized spacial score (nSPS) is 22.1. The molecule has 2 aliphatic heterocycles. The summed E-state index contributed by atoms with van der Waals surface area (Å²) in [5.74, 6) is 0.0840. The van der Waals surface area contributed by atoms with Crippen LogP contribution >= 0.6 is 0 Å². The minimum Gasteiger partial charge on any atom is -0.381 e. The Kier molecular flexibility index (Phi) is 3.42. The molecule has 0 aromatic carbocycles. The fourth-order valence-electron chi connectivity index (χ4n) is 3.90. The Morgan fingerprint density at radius 2 is 2.00 bits per heavy atom. The molecule has 4 heterocycles. The molecule has 0 N–H and O–H groups in total. The van der Waals surface area contributed by atoms with Crippen LogP contribution in [0.15, 0.2) is 18.6 Å². The molecule has 0 bridgehead atoms. The fraction of sp³-hybridized carbons (Fsp3) is 0.625. The lowest BCUT2D eigenvalue weighted by Crippen LogP contribution is -2.63. The Morgan fingerprint density at radius 3 is 2.78 bits per heavy atom. The highest BCUT2D eigenvalue weighted by molar-refractivity contribution is 6.00. The molecule has 7 nitrogen and oxygen atoms in total. The topological polar surface area (TPSA) is 55.0 Å². The number of nitrogens with zero attached hydrogens (tertiary/aromatic N) is 5. The van der Waals surface area contributed by atoms with E-state index in [0.717, 1.165) is 51.3 Å². The van der Waals surface area contributed by atoms with E-state index in [4.69, 9.17) is 4.74 Å². The van der Waals surface area contributed by atoms with Gasteiger partial charge in [-0.15, -0.1) is 0 Å². The Balaban J connectivity index is 1.62. The maximum Gasteiger partial charge on any atom is 0.259 e. The van der Waals surface area contributed by atoms with Crippen LogP contribution in [0.4, 0.5) is 0 Å². The van der Waals surface area contributed by atoms with Crippen LogP contribution in [0.2, 0.25) is 0 Å². The number of amides is 1. The van der Waals surface area contributed by atoms with Gasteiger partial charge in [0.2, 0.25) is 0 Å². The zero-order valence-corrected chi connectivity index (χ0v) is 13.7. The van der Waals surface area contributed by atoms with Gasteiger partial charge in [-0.05, 0) is 19.9 Å². The quantitative estimate of drug-likeness (QED) is 0.773. The molecule has 0 radical (unpaired) electrons. The van der Waals surface area contributed by atoms with Gasteiger partial charge in [-0.25, -0.2) is 4.52 Å². The lowest BCUT2D eigenvalue weighted by atomic mass is 9.86. The van der Waals surface area contributed by atoms with Crippen LogP contribution in [-0.4, -0.2) is 75.3 Å². The number of hydrogen-bond acceptors (Lipinski definition) is 4. The predicted molar refractivity (Wildman–Crippen MR) is 85.5 cm³/mol. The van der Waals surface area contributed by atoms with Crippen LogP contribution in [0.25, 0.3) is 5.65 Å². The average molecular weight is 317 g/mol. The summed E-state index contributed by atoms with van der Waals surface area (Å²) in [4.78, 5) is 17.5. The Bertz CT molecular complexity index is 728. The molecule has 2 aromatic heterocycles. The van der Waals surface area contributed by atoms with E-state index in [1.165, 1.54) is 0 Å². The van der Waals surface area contributed by atoms with Gasteiger partial charge in [0.15, 0.2) is 0 Å². The van der Waals surface area contributed by atoms with Crippen molar-refractivity contribution in [1.82, 2.24) is 24.0 Å². The standard InChI is InChI=1S/C16H23N5O2/c1-18-5-8-21-14(18)13(11-17-21)15(22)20-7-6-19(2)16(12-20)3-9-23-10-4-16/h5,8,11H,3-4,6-7,9-10,12H2,1-2H3. The van der Waals surface area contributed by atoms with E-state index in [1.54, 1.807) is 10.7 Å². The number of likely N-dealkylation sites (N-methyl/N-ethyl adjacent to an activating group) is 1. The highest BCUT2D eigenvalue weighted by atomic mass is 16.5. The first-order valence-corrected chi connectivity index (χ1v) is 8.18. The number of imidazole rings is 1. The first-order valence-electron chi connectivity index (χ1n) is 8.18. The van der Waals surface area contributed by atoms with E-state index in [1.807, 2.05) is 28.9 Å². The molecule has 0 aliphatic carbocycles. The second kappa shape index (κ2) is 5.35. The van der Waals surface area contributed by atoms with Crippen LogP contribution in [0.1, 0.15) is 23.2 Å². The highest BCUT2D eigenvalue weighted by Crippen LogP contribution is 2.31. The van der Waals surface area contributed by atoms with Crippen molar-refractivity contribution in [3.05, 3.63) is 24.2 Å². The lowest BCUT2D eigenvalue weighted by Gasteiger charge is -2.51. The number of rotatable bonds is 1. The molecule has 7 heteroatoms. The minimum absolute atomic E-state index is 0.0622. The first kappa shape index (κ1) is 14.7. The number of piperazine rings is 1. The number of ether oxygens (including phenoxy) is 1. The first-order chi connectivity index (χ1) is 11.1. The zero-order valence-electron chi connectivity index (χ0n) is 13.7. The van der Waals surface area contributed by atoms with E-state index < -0.39 is 0 Å². The third-order valence-corrected chi connectivity index (χ3v) is 5.48. The molecule has 124 valence electrons. The molecule has 2 saturated heterocycles. The van der Waals surface area contributed by atoms with E-state index in [2.05, 4.69) is 17.0 Å². The largest absolute Gasteiger partial charge is 0.381 e. The smallest absolute Gasteiger partial charge is 0.259 e. The van der Waals surface area contributed by atoms with Crippen LogP contribution in [0.5, 0.6) is 0 Å². The molecule has 1 spiro atoms. The number of hydrogen-bond donors (Lipinski definition) is 0. The second-order valence-corrected chi connectivity index (χ2v) is 6.72. The van der Waals surface area contributed by atoms with Gasteiger partial charge < -0.3 is 14.2 Å². The van der Waals surface area contributed by atoms with Crippen molar-refractivity contribution in [2.45, 2.75) is 18.4 Å². The summed E-state index contributed by atoms with van der Waals surface area (Å²) in [5, 5.41) is 4.29. The maximum atomic E-state index is 13.1.